The van der Waals surface area contributed by atoms with Crippen LogP contribution in [-0.2, 0) is 37.1 Å². The molecule has 2 aromatic carbocycles. The molecule has 0 saturated carbocycles. The fourth-order valence-electron chi connectivity index (χ4n) is 5.68. The van der Waals surface area contributed by atoms with Crippen molar-refractivity contribution in [1.82, 2.24) is 14.9 Å². The summed E-state index contributed by atoms with van der Waals surface area (Å²) in [5, 5.41) is 10.3. The Morgan fingerprint density at radius 2 is 1.88 bits per heavy atom. The summed E-state index contributed by atoms with van der Waals surface area (Å²) in [5.41, 5.74) is 1.68. The van der Waals surface area contributed by atoms with E-state index in [1.54, 1.807) is 24.3 Å². The summed E-state index contributed by atoms with van der Waals surface area (Å²) in [4.78, 5) is 13.7. The summed E-state index contributed by atoms with van der Waals surface area (Å²) in [6.45, 7) is 2.45. The third kappa shape index (κ3) is 8.93. The van der Waals surface area contributed by atoms with E-state index in [9.17, 15) is 13.2 Å². The van der Waals surface area contributed by atoms with E-state index in [-0.39, 0.29) is 37.1 Å². The molecule has 1 amide bonds. The topological polar surface area (TPSA) is 109 Å². The molecule has 2 aliphatic rings. The quantitative estimate of drug-likeness (QED) is 0.339. The van der Waals surface area contributed by atoms with E-state index in [4.69, 9.17) is 21.1 Å². The first-order valence-electron chi connectivity index (χ1n) is 14.0. The highest BCUT2D eigenvalue weighted by Crippen LogP contribution is 2.25. The molecule has 2 aliphatic heterocycles. The van der Waals surface area contributed by atoms with Gasteiger partial charge in [-0.05, 0) is 61.9 Å². The zero-order chi connectivity index (χ0) is 29.4. The Morgan fingerprint density at radius 3 is 2.56 bits per heavy atom. The normalized spacial score (nSPS) is 21.5. The summed E-state index contributed by atoms with van der Waals surface area (Å²) < 4.78 is 52.7. The van der Waals surface area contributed by atoms with Gasteiger partial charge >= 0.3 is 0 Å². The number of sulfonamides is 1. The maximum atomic E-state index is 15.2. The number of hydrogen-bond donors (Lipinski definition) is 3. The summed E-state index contributed by atoms with van der Waals surface area (Å²) in [7, 11) is -1.99. The Balaban J connectivity index is 1.51. The molecule has 4 rings (SSSR count). The minimum Gasteiger partial charge on any atom is -0.383 e. The Morgan fingerprint density at radius 1 is 1.17 bits per heavy atom. The Bertz CT molecular complexity index is 1260. The Hall–Kier alpha value is -2.12. The second-order valence-corrected chi connectivity index (χ2v) is 13.1. The highest BCUT2D eigenvalue weighted by molar-refractivity contribution is 7.88. The molecule has 3 N–H and O–H groups in total. The molecule has 2 aromatic rings. The first-order chi connectivity index (χ1) is 19.7. The Labute approximate surface area is 247 Å². The van der Waals surface area contributed by atoms with Gasteiger partial charge in [-0.15, -0.1) is 0 Å². The van der Waals surface area contributed by atoms with Crippen molar-refractivity contribution in [2.45, 2.75) is 56.3 Å². The molecule has 3 atom stereocenters. The number of carbonyl (C=O) groups is 1. The third-order valence-corrected chi connectivity index (χ3v) is 9.27. The van der Waals surface area contributed by atoms with Gasteiger partial charge < -0.3 is 25.4 Å². The fourth-order valence-corrected chi connectivity index (χ4v) is 7.21. The van der Waals surface area contributed by atoms with E-state index in [1.807, 2.05) is 12.1 Å². The first kappa shape index (κ1) is 31.8. The van der Waals surface area contributed by atoms with Crippen LogP contribution in [0, 0.1) is 5.82 Å². The predicted octanol–water partition coefficient (Wildman–Crippen LogP) is 2.98. The summed E-state index contributed by atoms with van der Waals surface area (Å²) >= 11 is 6.06. The Kier molecular flexibility index (Phi) is 11.5. The lowest BCUT2D eigenvalue weighted by molar-refractivity contribution is -0.118. The molecule has 0 aliphatic carbocycles. The summed E-state index contributed by atoms with van der Waals surface area (Å²) in [6, 6.07) is 10.8. The minimum atomic E-state index is -3.52. The van der Waals surface area contributed by atoms with Gasteiger partial charge in [0, 0.05) is 61.8 Å². The van der Waals surface area contributed by atoms with E-state index in [2.05, 4.69) is 16.0 Å². The number of nitrogens with zero attached hydrogens (tertiary/aromatic N) is 1. The molecule has 2 saturated heterocycles. The molecule has 41 heavy (non-hydrogen) atoms. The van der Waals surface area contributed by atoms with Crippen molar-refractivity contribution in [3.63, 3.8) is 0 Å². The lowest BCUT2D eigenvalue weighted by Crippen LogP contribution is -2.60. The molecular formula is C29H40ClFN4O5S. The van der Waals surface area contributed by atoms with Crippen LogP contribution in [0.3, 0.4) is 0 Å². The number of nitrogens with one attached hydrogen (secondary N) is 3. The van der Waals surface area contributed by atoms with Gasteiger partial charge in [0.05, 0.1) is 24.9 Å². The van der Waals surface area contributed by atoms with E-state index in [0.717, 1.165) is 18.4 Å². The fraction of sp³-hybridized carbons (Fsp3) is 0.552. The van der Waals surface area contributed by atoms with Crippen molar-refractivity contribution in [3.05, 3.63) is 64.4 Å². The van der Waals surface area contributed by atoms with Crippen LogP contribution < -0.4 is 16.0 Å². The number of carbonyl (C=O) groups excluding carboxylic acids is 1. The van der Waals surface area contributed by atoms with Crippen LogP contribution in [0.2, 0.25) is 5.02 Å². The maximum absolute atomic E-state index is 15.2. The number of hydrogen-bond acceptors (Lipinski definition) is 7. The second kappa shape index (κ2) is 14.9. The number of ether oxygens (including phenoxy) is 2. The highest BCUT2D eigenvalue weighted by Gasteiger charge is 2.37. The van der Waals surface area contributed by atoms with Crippen LogP contribution in [0.1, 0.15) is 30.4 Å². The number of anilines is 1. The molecule has 0 bridgehead atoms. The van der Waals surface area contributed by atoms with E-state index in [1.165, 1.54) is 23.7 Å². The first-order valence-corrected chi connectivity index (χ1v) is 16.2. The minimum absolute atomic E-state index is 0.125. The molecule has 2 heterocycles. The van der Waals surface area contributed by atoms with Gasteiger partial charge in [-0.1, -0.05) is 29.8 Å². The standard InChI is InChI=1S/C29H40ClFN4O5S/c1-39-19-24-18-32-17-23(35(24)41(2,37)38)10-11-25-26(31)4-3-5-27(25)34-29(36)28(33-22-12-14-40-15-13-22)16-20-6-8-21(30)9-7-20/h3-9,22-24,28,32-33H,10-19H2,1-2H3,(H,34,36)/t23-,24?,28-/m0/s1. The van der Waals surface area contributed by atoms with Crippen LogP contribution in [0.4, 0.5) is 10.1 Å². The molecule has 1 unspecified atom stereocenters. The molecule has 0 radical (unpaired) electrons. The van der Waals surface area contributed by atoms with Gasteiger partial charge in [0.2, 0.25) is 15.9 Å². The molecule has 2 fully saturated rings. The van der Waals surface area contributed by atoms with Gasteiger partial charge in [0.1, 0.15) is 5.82 Å². The molecular weight excluding hydrogens is 571 g/mol. The number of halogens is 2. The van der Waals surface area contributed by atoms with Crippen molar-refractivity contribution in [3.8, 4) is 0 Å². The van der Waals surface area contributed by atoms with Crippen molar-refractivity contribution < 1.29 is 27.1 Å². The predicted molar refractivity (Wildman–Crippen MR) is 158 cm³/mol. The number of rotatable bonds is 12. The van der Waals surface area contributed by atoms with Crippen LogP contribution in [0.5, 0.6) is 0 Å². The third-order valence-electron chi connectivity index (χ3n) is 7.65. The van der Waals surface area contributed by atoms with Gasteiger partial charge in [-0.2, -0.15) is 4.31 Å². The van der Waals surface area contributed by atoms with Gasteiger partial charge in [-0.3, -0.25) is 4.79 Å². The molecule has 0 aromatic heterocycles. The lowest BCUT2D eigenvalue weighted by Gasteiger charge is -2.40. The summed E-state index contributed by atoms with van der Waals surface area (Å²) in [5.74, 6) is -0.715. The zero-order valence-corrected chi connectivity index (χ0v) is 25.1. The maximum Gasteiger partial charge on any atom is 0.241 e. The smallest absolute Gasteiger partial charge is 0.241 e. The monoisotopic (exact) mass is 610 g/mol. The molecule has 9 nitrogen and oxygen atoms in total. The van der Waals surface area contributed by atoms with E-state index in [0.29, 0.717) is 55.4 Å². The SMILES string of the molecule is COCC1CNC[C@H](CCc2c(F)cccc2NC(=O)[C@H](Cc2ccc(Cl)cc2)NC2CCOCC2)N1S(C)(=O)=O. The van der Waals surface area contributed by atoms with Crippen LogP contribution in [0.25, 0.3) is 0 Å². The van der Waals surface area contributed by atoms with Crippen molar-refractivity contribution in [2.24, 2.45) is 0 Å². The van der Waals surface area contributed by atoms with Crippen molar-refractivity contribution in [2.75, 3.05) is 51.6 Å². The highest BCUT2D eigenvalue weighted by atomic mass is 35.5. The molecule has 12 heteroatoms. The van der Waals surface area contributed by atoms with E-state index < -0.39 is 21.9 Å². The zero-order valence-electron chi connectivity index (χ0n) is 23.6. The lowest BCUT2D eigenvalue weighted by atomic mass is 9.99. The van der Waals surface area contributed by atoms with Crippen LogP contribution in [0.15, 0.2) is 42.5 Å². The average Bonchev–Trinajstić information content (AvgIpc) is 2.93. The number of amides is 1. The van der Waals surface area contributed by atoms with Gasteiger partial charge in [-0.25, -0.2) is 12.8 Å². The second-order valence-electron chi connectivity index (χ2n) is 10.7. The van der Waals surface area contributed by atoms with Crippen LogP contribution >= 0.6 is 11.6 Å². The average molecular weight is 611 g/mol. The van der Waals surface area contributed by atoms with Crippen molar-refractivity contribution >= 4 is 33.2 Å². The molecule has 0 spiro atoms. The van der Waals surface area contributed by atoms with Gasteiger partial charge in [0.25, 0.3) is 0 Å². The largest absolute Gasteiger partial charge is 0.383 e. The van der Waals surface area contributed by atoms with E-state index >= 15 is 4.39 Å². The molecule has 226 valence electrons. The number of piperazine rings is 1. The number of benzene rings is 2. The number of methoxy groups -OCH3 is 1. The summed E-state index contributed by atoms with van der Waals surface area (Å²) in [6.07, 6.45) is 3.84. The van der Waals surface area contributed by atoms with Crippen LogP contribution in [-0.4, -0.2) is 89.1 Å². The van der Waals surface area contributed by atoms with Gasteiger partial charge in [0.15, 0.2) is 0 Å². The van der Waals surface area contributed by atoms with Crippen molar-refractivity contribution in [1.29, 1.82) is 0 Å².